The topological polar surface area (TPSA) is 73.0 Å². The lowest BCUT2D eigenvalue weighted by Crippen LogP contribution is -2.31. The second kappa shape index (κ2) is 5.94. The summed E-state index contributed by atoms with van der Waals surface area (Å²) in [5, 5.41) is 8.08. The Balaban J connectivity index is 1.66. The Morgan fingerprint density at radius 3 is 2.67 bits per heavy atom. The lowest BCUT2D eigenvalue weighted by atomic mass is 9.88. The summed E-state index contributed by atoms with van der Waals surface area (Å²) < 4.78 is 7.69. The predicted octanol–water partition coefficient (Wildman–Crippen LogP) is 4.18. The van der Waals surface area contributed by atoms with Crippen LogP contribution in [0.3, 0.4) is 0 Å². The van der Waals surface area contributed by atoms with Gasteiger partial charge < -0.3 is 9.73 Å². The van der Waals surface area contributed by atoms with Gasteiger partial charge in [-0.1, -0.05) is 29.8 Å². The van der Waals surface area contributed by atoms with Gasteiger partial charge in [0.25, 0.3) is 0 Å². The summed E-state index contributed by atoms with van der Waals surface area (Å²) in [6.45, 7) is 3.96. The monoisotopic (exact) mass is 360 g/mol. The highest BCUT2D eigenvalue weighted by Gasteiger charge is 2.38. The summed E-state index contributed by atoms with van der Waals surface area (Å²) in [6.07, 6.45) is 2.25. The molecular weight excluding hydrogens is 340 g/mol. The van der Waals surface area contributed by atoms with Crippen molar-refractivity contribution >= 4 is 11.7 Å². The van der Waals surface area contributed by atoms with Crippen LogP contribution in [-0.2, 0) is 4.79 Å². The molecule has 3 heterocycles. The first-order valence-corrected chi connectivity index (χ1v) is 9.23. The van der Waals surface area contributed by atoms with E-state index in [1.807, 2.05) is 43.3 Å². The molecule has 0 radical (unpaired) electrons. The largest absolute Gasteiger partial charge is 0.464 e. The van der Waals surface area contributed by atoms with Gasteiger partial charge in [0.15, 0.2) is 11.6 Å². The first kappa shape index (κ1) is 16.1. The molecule has 1 aliphatic heterocycles. The molecule has 136 valence electrons. The van der Waals surface area contributed by atoms with E-state index in [-0.39, 0.29) is 11.8 Å². The fourth-order valence-electron chi connectivity index (χ4n) is 3.84. The average Bonchev–Trinajstić information content (AvgIpc) is 3.27. The molecule has 0 saturated heterocycles. The van der Waals surface area contributed by atoms with Crippen molar-refractivity contribution in [3.63, 3.8) is 0 Å². The highest BCUT2D eigenvalue weighted by molar-refractivity contribution is 5.99. The summed E-state index contributed by atoms with van der Waals surface area (Å²) in [5.74, 6) is 2.98. The molecule has 1 N–H and O–H groups in total. The summed E-state index contributed by atoms with van der Waals surface area (Å²) in [7, 11) is 0. The van der Waals surface area contributed by atoms with E-state index in [1.165, 1.54) is 5.56 Å². The number of Topliss-reactive ketones (excluding diaryl/α,β-unsaturated/α-hetero) is 1. The SMILES string of the molecule is Cc1ccc(-c2nc3n(n2)C(c2ccc(C)o2)C2=C(CCCC2=O)N3)cc1. The van der Waals surface area contributed by atoms with Crippen LogP contribution in [-0.4, -0.2) is 20.5 Å². The highest BCUT2D eigenvalue weighted by Crippen LogP contribution is 2.41. The van der Waals surface area contributed by atoms with Gasteiger partial charge in [-0.3, -0.25) is 4.79 Å². The molecule has 27 heavy (non-hydrogen) atoms. The fraction of sp³-hybridized carbons (Fsp3) is 0.286. The second-order valence-electron chi connectivity index (χ2n) is 7.21. The van der Waals surface area contributed by atoms with Gasteiger partial charge in [0.2, 0.25) is 5.95 Å². The standard InChI is InChI=1S/C21H20N4O2/c1-12-6-9-14(10-7-12)20-23-21-22-15-4-3-5-16(26)18(15)19(25(21)24-20)17-11-8-13(2)27-17/h6-11,19H,3-5H2,1-2H3,(H,22,23,24). The molecule has 0 saturated carbocycles. The van der Waals surface area contributed by atoms with Crippen molar-refractivity contribution in [3.8, 4) is 11.4 Å². The number of fused-ring (bicyclic) bond motifs is 1. The van der Waals surface area contributed by atoms with Crippen LogP contribution >= 0.6 is 0 Å². The van der Waals surface area contributed by atoms with Crippen molar-refractivity contribution < 1.29 is 9.21 Å². The number of nitrogens with one attached hydrogen (secondary N) is 1. The third-order valence-electron chi connectivity index (χ3n) is 5.21. The summed E-state index contributed by atoms with van der Waals surface area (Å²) >= 11 is 0. The zero-order chi connectivity index (χ0) is 18.5. The Morgan fingerprint density at radius 1 is 1.11 bits per heavy atom. The molecule has 0 amide bonds. The molecule has 1 aromatic carbocycles. The Labute approximate surface area is 156 Å². The molecule has 3 aromatic rings. The maximum atomic E-state index is 12.7. The van der Waals surface area contributed by atoms with Gasteiger partial charge in [0.05, 0.1) is 0 Å². The second-order valence-corrected chi connectivity index (χ2v) is 7.21. The quantitative estimate of drug-likeness (QED) is 0.742. The Kier molecular flexibility index (Phi) is 3.53. The zero-order valence-electron chi connectivity index (χ0n) is 15.3. The van der Waals surface area contributed by atoms with Gasteiger partial charge in [0.1, 0.15) is 17.6 Å². The summed E-state index contributed by atoms with van der Waals surface area (Å²) in [6, 6.07) is 11.6. The smallest absolute Gasteiger partial charge is 0.227 e. The van der Waals surface area contributed by atoms with Crippen LogP contribution in [0.15, 0.2) is 52.1 Å². The summed E-state index contributed by atoms with van der Waals surface area (Å²) in [4.78, 5) is 17.4. The highest BCUT2D eigenvalue weighted by atomic mass is 16.3. The van der Waals surface area contributed by atoms with E-state index in [0.717, 1.165) is 41.2 Å². The van der Waals surface area contributed by atoms with Crippen molar-refractivity contribution in [2.75, 3.05) is 5.32 Å². The Hall–Kier alpha value is -3.15. The van der Waals surface area contributed by atoms with E-state index in [1.54, 1.807) is 4.68 Å². The molecule has 5 rings (SSSR count). The van der Waals surface area contributed by atoms with Crippen LogP contribution in [0.1, 0.15) is 42.4 Å². The van der Waals surface area contributed by atoms with Gasteiger partial charge >= 0.3 is 0 Å². The van der Waals surface area contributed by atoms with E-state index >= 15 is 0 Å². The van der Waals surface area contributed by atoms with Crippen molar-refractivity contribution in [2.45, 2.75) is 39.2 Å². The van der Waals surface area contributed by atoms with Gasteiger partial charge in [0, 0.05) is 23.3 Å². The van der Waals surface area contributed by atoms with Crippen molar-refractivity contribution in [1.29, 1.82) is 0 Å². The zero-order valence-corrected chi connectivity index (χ0v) is 15.3. The Bertz CT molecular complexity index is 1070. The van der Waals surface area contributed by atoms with E-state index in [9.17, 15) is 4.79 Å². The molecule has 6 heteroatoms. The number of carbonyl (C=O) groups excluding carboxylic acids is 1. The number of rotatable bonds is 2. The predicted molar refractivity (Wildman–Crippen MR) is 101 cm³/mol. The number of furan rings is 1. The third-order valence-corrected chi connectivity index (χ3v) is 5.21. The van der Waals surface area contributed by atoms with Gasteiger partial charge in [-0.05, 0) is 38.8 Å². The van der Waals surface area contributed by atoms with Crippen LogP contribution in [0.4, 0.5) is 5.95 Å². The lowest BCUT2D eigenvalue weighted by molar-refractivity contribution is -0.116. The van der Waals surface area contributed by atoms with Crippen molar-refractivity contribution in [2.24, 2.45) is 0 Å². The van der Waals surface area contributed by atoms with Crippen molar-refractivity contribution in [3.05, 3.63) is 64.8 Å². The number of carbonyl (C=O) groups is 1. The molecule has 0 bridgehead atoms. The first-order chi connectivity index (χ1) is 13.1. The molecule has 1 aliphatic carbocycles. The molecule has 1 atom stereocenters. The molecular formula is C21H20N4O2. The minimum absolute atomic E-state index is 0.154. The normalized spacial score (nSPS) is 18.9. The number of allylic oxidation sites excluding steroid dienone is 2. The number of anilines is 1. The number of aryl methyl sites for hydroxylation is 2. The van der Waals surface area contributed by atoms with Crippen LogP contribution in [0.25, 0.3) is 11.4 Å². The summed E-state index contributed by atoms with van der Waals surface area (Å²) in [5.41, 5.74) is 3.83. The maximum absolute atomic E-state index is 12.7. The number of ketones is 1. The van der Waals surface area contributed by atoms with E-state index in [0.29, 0.717) is 18.2 Å². The van der Waals surface area contributed by atoms with Crippen molar-refractivity contribution in [1.82, 2.24) is 14.8 Å². The van der Waals surface area contributed by atoms with E-state index < -0.39 is 0 Å². The van der Waals surface area contributed by atoms with Crippen LogP contribution in [0.2, 0.25) is 0 Å². The molecule has 0 fully saturated rings. The van der Waals surface area contributed by atoms with E-state index in [2.05, 4.69) is 12.2 Å². The third kappa shape index (κ3) is 2.60. The maximum Gasteiger partial charge on any atom is 0.227 e. The number of nitrogens with zero attached hydrogens (tertiary/aromatic N) is 3. The van der Waals surface area contributed by atoms with Crippen LogP contribution in [0, 0.1) is 13.8 Å². The minimum Gasteiger partial charge on any atom is -0.464 e. The lowest BCUT2D eigenvalue weighted by Gasteiger charge is -2.30. The number of hydrogen-bond donors (Lipinski definition) is 1. The number of benzene rings is 1. The van der Waals surface area contributed by atoms with Crippen LogP contribution < -0.4 is 5.32 Å². The van der Waals surface area contributed by atoms with Gasteiger partial charge in [-0.25, -0.2) is 4.68 Å². The van der Waals surface area contributed by atoms with E-state index in [4.69, 9.17) is 14.5 Å². The van der Waals surface area contributed by atoms with Gasteiger partial charge in [-0.15, -0.1) is 5.10 Å². The minimum atomic E-state index is -0.371. The molecule has 1 unspecified atom stereocenters. The first-order valence-electron chi connectivity index (χ1n) is 9.23. The molecule has 2 aliphatic rings. The van der Waals surface area contributed by atoms with Crippen LogP contribution in [0.5, 0.6) is 0 Å². The van der Waals surface area contributed by atoms with Gasteiger partial charge in [-0.2, -0.15) is 4.98 Å². The molecule has 2 aromatic heterocycles. The number of aromatic nitrogens is 3. The average molecular weight is 360 g/mol. The number of hydrogen-bond acceptors (Lipinski definition) is 5. The molecule has 6 nitrogen and oxygen atoms in total. The Morgan fingerprint density at radius 2 is 1.93 bits per heavy atom. The fourth-order valence-corrected chi connectivity index (χ4v) is 3.84. The molecule has 0 spiro atoms.